The summed E-state index contributed by atoms with van der Waals surface area (Å²) in [7, 11) is 0. The zero-order valence-electron chi connectivity index (χ0n) is 19.0. The Hall–Kier alpha value is -4.33. The number of benzene rings is 1. The predicted molar refractivity (Wildman–Crippen MR) is 124 cm³/mol. The molecule has 2 N–H and O–H groups in total. The van der Waals surface area contributed by atoms with Crippen molar-refractivity contribution in [2.75, 3.05) is 11.4 Å². The third-order valence-electron chi connectivity index (χ3n) is 5.97. The maximum Gasteiger partial charge on any atom is 0.254 e. The van der Waals surface area contributed by atoms with Crippen molar-refractivity contribution in [3.63, 3.8) is 0 Å². The van der Waals surface area contributed by atoms with Crippen molar-refractivity contribution in [2.45, 2.75) is 32.5 Å². The van der Waals surface area contributed by atoms with E-state index >= 15 is 4.39 Å². The second-order valence-corrected chi connectivity index (χ2v) is 8.78. The van der Waals surface area contributed by atoms with Crippen LogP contribution in [-0.2, 0) is 0 Å². The van der Waals surface area contributed by atoms with Crippen LogP contribution in [0.4, 0.5) is 14.5 Å². The summed E-state index contributed by atoms with van der Waals surface area (Å²) < 4.78 is 31.5. The van der Waals surface area contributed by atoms with Crippen LogP contribution in [0.25, 0.3) is 22.4 Å². The molecular formula is C24H22F2N8O. The minimum atomic E-state index is -0.823. The highest BCUT2D eigenvalue weighted by atomic mass is 19.1. The lowest BCUT2D eigenvalue weighted by Gasteiger charge is -2.48. The number of hydrogen-bond acceptors (Lipinski definition) is 6. The lowest BCUT2D eigenvalue weighted by Crippen LogP contribution is -2.53. The molecular weight excluding hydrogens is 454 g/mol. The quantitative estimate of drug-likeness (QED) is 0.438. The van der Waals surface area contributed by atoms with Crippen molar-refractivity contribution in [1.29, 1.82) is 5.26 Å². The van der Waals surface area contributed by atoms with Crippen molar-refractivity contribution < 1.29 is 13.6 Å². The highest BCUT2D eigenvalue weighted by Crippen LogP contribution is 2.42. The first-order valence-electron chi connectivity index (χ1n) is 11.1. The van der Waals surface area contributed by atoms with Gasteiger partial charge in [-0.3, -0.25) is 4.79 Å². The number of rotatable bonds is 6. The van der Waals surface area contributed by atoms with Gasteiger partial charge in [-0.2, -0.15) is 10.4 Å². The molecule has 35 heavy (non-hydrogen) atoms. The highest BCUT2D eigenvalue weighted by molar-refractivity contribution is 5.95. The molecule has 9 nitrogen and oxygen atoms in total. The minimum absolute atomic E-state index is 0.00360. The fourth-order valence-electron chi connectivity index (χ4n) is 4.31. The molecule has 3 aromatic heterocycles. The maximum absolute atomic E-state index is 15.1. The third kappa shape index (κ3) is 4.07. The van der Waals surface area contributed by atoms with Gasteiger partial charge >= 0.3 is 0 Å². The van der Waals surface area contributed by atoms with Gasteiger partial charge in [-0.25, -0.2) is 23.4 Å². The van der Waals surface area contributed by atoms with E-state index in [-0.39, 0.29) is 29.6 Å². The number of anilines is 1. The molecule has 0 bridgehead atoms. The van der Waals surface area contributed by atoms with Crippen LogP contribution in [0.15, 0.2) is 43.0 Å². The Kier molecular flexibility index (Phi) is 5.64. The normalized spacial score (nSPS) is 17.4. The SMILES string of the molecule is CC(C)NC(=O)c1cc(F)c(N2CC(CC#N)C2n2cc(-c3ncc4cc[nH]c4n3)cn2)cc1F. The zero-order chi connectivity index (χ0) is 24.7. The number of hydrogen-bond donors (Lipinski definition) is 2. The number of nitrogens with zero attached hydrogens (tertiary/aromatic N) is 6. The van der Waals surface area contributed by atoms with E-state index in [1.165, 1.54) is 0 Å². The van der Waals surface area contributed by atoms with E-state index in [9.17, 15) is 14.4 Å². The first-order chi connectivity index (χ1) is 16.9. The van der Waals surface area contributed by atoms with Gasteiger partial charge in [0.25, 0.3) is 5.91 Å². The lowest BCUT2D eigenvalue weighted by molar-refractivity contribution is 0.0938. The number of halogens is 2. The van der Waals surface area contributed by atoms with Gasteiger partial charge in [0, 0.05) is 55.0 Å². The van der Waals surface area contributed by atoms with E-state index in [4.69, 9.17) is 0 Å². The van der Waals surface area contributed by atoms with Crippen LogP contribution in [0.5, 0.6) is 0 Å². The van der Waals surface area contributed by atoms with Crippen molar-refractivity contribution in [3.05, 3.63) is 60.2 Å². The molecule has 1 aliphatic heterocycles. The maximum atomic E-state index is 15.1. The Morgan fingerprint density at radius 3 is 2.91 bits per heavy atom. The van der Waals surface area contributed by atoms with Crippen LogP contribution in [0.2, 0.25) is 0 Å². The molecule has 0 aliphatic carbocycles. The zero-order valence-corrected chi connectivity index (χ0v) is 19.0. The predicted octanol–water partition coefficient (Wildman–Crippen LogP) is 3.79. The number of nitrogens with one attached hydrogen (secondary N) is 2. The number of carbonyl (C=O) groups is 1. The van der Waals surface area contributed by atoms with Gasteiger partial charge in [0.1, 0.15) is 23.4 Å². The lowest BCUT2D eigenvalue weighted by atomic mass is 9.91. The van der Waals surface area contributed by atoms with E-state index in [1.807, 2.05) is 6.07 Å². The molecule has 1 aliphatic rings. The number of aromatic amines is 1. The number of H-pyrrole nitrogens is 1. The number of aromatic nitrogens is 5. The third-order valence-corrected chi connectivity index (χ3v) is 5.97. The van der Waals surface area contributed by atoms with Gasteiger partial charge in [-0.1, -0.05) is 0 Å². The van der Waals surface area contributed by atoms with E-state index in [1.54, 1.807) is 48.2 Å². The first kappa shape index (κ1) is 22.5. The van der Waals surface area contributed by atoms with E-state index in [0.717, 1.165) is 17.5 Å². The van der Waals surface area contributed by atoms with Crippen LogP contribution in [0.1, 0.15) is 36.8 Å². The minimum Gasteiger partial charge on any atom is -0.350 e. The van der Waals surface area contributed by atoms with E-state index in [0.29, 0.717) is 23.6 Å². The summed E-state index contributed by atoms with van der Waals surface area (Å²) in [6.07, 6.45) is 6.51. The number of carbonyl (C=O) groups excluding carboxylic acids is 1. The fourth-order valence-corrected chi connectivity index (χ4v) is 4.31. The molecule has 2 unspecified atom stereocenters. The molecule has 2 atom stereocenters. The average molecular weight is 476 g/mol. The number of amides is 1. The molecule has 1 saturated heterocycles. The van der Waals surface area contributed by atoms with Crippen molar-refractivity contribution >= 4 is 22.6 Å². The smallest absolute Gasteiger partial charge is 0.254 e. The van der Waals surface area contributed by atoms with Gasteiger partial charge in [-0.15, -0.1) is 0 Å². The monoisotopic (exact) mass is 476 g/mol. The molecule has 0 saturated carbocycles. The number of fused-ring (bicyclic) bond motifs is 1. The summed E-state index contributed by atoms with van der Waals surface area (Å²) >= 11 is 0. The summed E-state index contributed by atoms with van der Waals surface area (Å²) in [5.41, 5.74) is 0.985. The summed E-state index contributed by atoms with van der Waals surface area (Å²) in [4.78, 5) is 25.8. The standard InChI is InChI=1S/C24H22F2N8O/c1-13(2)31-23(35)17-7-19(26)20(8-18(17)25)33-11-15(3-5-27)24(33)34-12-16(10-30-34)22-29-9-14-4-6-28-21(14)32-22/h4,6-10,12-13,15,24H,3,11H2,1-2H3,(H,31,35)(H,28,29,32). The van der Waals surface area contributed by atoms with Crippen molar-refractivity contribution in [2.24, 2.45) is 5.92 Å². The van der Waals surface area contributed by atoms with Crippen molar-refractivity contribution in [3.8, 4) is 17.5 Å². The van der Waals surface area contributed by atoms with Crippen molar-refractivity contribution in [1.82, 2.24) is 30.0 Å². The molecule has 0 spiro atoms. The summed E-state index contributed by atoms with van der Waals surface area (Å²) in [5, 5.41) is 17.1. The van der Waals surface area contributed by atoms with Crippen LogP contribution >= 0.6 is 0 Å². The van der Waals surface area contributed by atoms with Gasteiger partial charge in [-0.05, 0) is 26.0 Å². The molecule has 178 valence electrons. The summed E-state index contributed by atoms with van der Waals surface area (Å²) in [5.74, 6) is -1.91. The van der Waals surface area contributed by atoms with Gasteiger partial charge in [0.2, 0.25) is 0 Å². The Labute approximate surface area is 199 Å². The molecule has 4 aromatic rings. The van der Waals surface area contributed by atoms with Gasteiger partial charge in [0.15, 0.2) is 5.82 Å². The Bertz CT molecular complexity index is 1450. The molecule has 1 aromatic carbocycles. The second kappa shape index (κ2) is 8.79. The van der Waals surface area contributed by atoms with Crippen LogP contribution in [-0.4, -0.2) is 43.2 Å². The second-order valence-electron chi connectivity index (χ2n) is 8.78. The average Bonchev–Trinajstić information content (AvgIpc) is 3.46. The number of nitriles is 1. The largest absolute Gasteiger partial charge is 0.350 e. The molecule has 5 rings (SSSR count). The Balaban J connectivity index is 1.46. The Morgan fingerprint density at radius 1 is 1.31 bits per heavy atom. The van der Waals surface area contributed by atoms with Crippen LogP contribution < -0.4 is 10.2 Å². The fraction of sp³-hybridized carbons (Fsp3) is 0.292. The van der Waals surface area contributed by atoms with Gasteiger partial charge < -0.3 is 15.2 Å². The molecule has 11 heteroatoms. The van der Waals surface area contributed by atoms with Crippen LogP contribution in [0, 0.1) is 28.9 Å². The van der Waals surface area contributed by atoms with E-state index in [2.05, 4.69) is 31.4 Å². The summed E-state index contributed by atoms with van der Waals surface area (Å²) in [6.45, 7) is 3.81. The molecule has 0 radical (unpaired) electrons. The van der Waals surface area contributed by atoms with Crippen LogP contribution in [0.3, 0.4) is 0 Å². The summed E-state index contributed by atoms with van der Waals surface area (Å²) in [6, 6.07) is 5.73. The molecule has 1 amide bonds. The molecule has 4 heterocycles. The highest BCUT2D eigenvalue weighted by Gasteiger charge is 2.42. The van der Waals surface area contributed by atoms with E-state index < -0.39 is 23.7 Å². The first-order valence-corrected chi connectivity index (χ1v) is 11.1. The Morgan fingerprint density at radius 2 is 2.14 bits per heavy atom. The molecule has 1 fully saturated rings. The van der Waals surface area contributed by atoms with Gasteiger partial charge in [0.05, 0.1) is 29.1 Å². The topological polar surface area (TPSA) is 116 Å².